The highest BCUT2D eigenvalue weighted by atomic mass is 16.7. The molecular formula is C37H67NO13. The summed E-state index contributed by atoms with van der Waals surface area (Å²) in [7, 11) is 5.18. The van der Waals surface area contributed by atoms with Crippen LogP contribution in [0.1, 0.15) is 94.9 Å². The summed E-state index contributed by atoms with van der Waals surface area (Å²) >= 11 is 0. The van der Waals surface area contributed by atoms with E-state index >= 15 is 0 Å². The SMILES string of the molecule is CC[C@H]1OC(=O)[C@H](C)C(OC2C[C@@](C)(OC)C(O)[C@H](C)O2)[C@H](C)C(OC2O[C@H](C)CC(N(C)C)C2O)[C@@](C)(O)C[C@@H](C)C(=O)[C@H](C)C(O)[C@]1(C)O. The topological polar surface area (TPSA) is 194 Å². The first-order valence-corrected chi connectivity index (χ1v) is 18.5. The molecule has 3 aliphatic rings. The quantitative estimate of drug-likeness (QED) is 0.238. The number of carbonyl (C=O) groups is 2. The molecular weight excluding hydrogens is 666 g/mol. The maximum Gasteiger partial charge on any atom is 0.311 e. The number of rotatable bonds is 7. The Balaban J connectivity index is 2.18. The van der Waals surface area contributed by atoms with Gasteiger partial charge in [-0.1, -0.05) is 27.7 Å². The van der Waals surface area contributed by atoms with Gasteiger partial charge in [-0.15, -0.1) is 0 Å². The Morgan fingerprint density at radius 1 is 0.882 bits per heavy atom. The lowest BCUT2D eigenvalue weighted by Gasteiger charge is -2.49. The van der Waals surface area contributed by atoms with E-state index in [1.165, 1.54) is 27.9 Å². The van der Waals surface area contributed by atoms with Gasteiger partial charge in [-0.05, 0) is 74.9 Å². The van der Waals surface area contributed by atoms with Crippen LogP contribution in [0, 0.1) is 23.7 Å². The fourth-order valence-corrected chi connectivity index (χ4v) is 8.41. The molecule has 0 aromatic carbocycles. The van der Waals surface area contributed by atoms with Crippen LogP contribution in [0.3, 0.4) is 0 Å². The molecule has 14 nitrogen and oxygen atoms in total. The minimum absolute atomic E-state index is 0.0936. The van der Waals surface area contributed by atoms with Gasteiger partial charge in [0.1, 0.15) is 29.7 Å². The Hall–Kier alpha value is -1.30. The molecule has 0 aromatic rings. The number of hydrogen-bond acceptors (Lipinski definition) is 14. The normalized spacial score (nSPS) is 49.7. The lowest BCUT2D eigenvalue weighted by atomic mass is 9.74. The van der Waals surface area contributed by atoms with Crippen LogP contribution in [0.5, 0.6) is 0 Å². The predicted molar refractivity (Wildman–Crippen MR) is 186 cm³/mol. The van der Waals surface area contributed by atoms with Crippen molar-refractivity contribution in [2.75, 3.05) is 21.2 Å². The van der Waals surface area contributed by atoms with E-state index in [9.17, 15) is 35.1 Å². The first-order chi connectivity index (χ1) is 23.4. The Bertz CT molecular complexity index is 1170. The molecule has 51 heavy (non-hydrogen) atoms. The number of ether oxygens (including phenoxy) is 6. The summed E-state index contributed by atoms with van der Waals surface area (Å²) in [6, 6.07) is -0.324. The van der Waals surface area contributed by atoms with E-state index in [4.69, 9.17) is 28.4 Å². The van der Waals surface area contributed by atoms with Crippen molar-refractivity contribution in [2.24, 2.45) is 23.7 Å². The van der Waals surface area contributed by atoms with Crippen LogP contribution in [0.4, 0.5) is 0 Å². The molecule has 0 aliphatic carbocycles. The van der Waals surface area contributed by atoms with Crippen molar-refractivity contribution in [2.45, 2.75) is 179 Å². The monoisotopic (exact) mass is 733 g/mol. The molecule has 0 radical (unpaired) electrons. The highest BCUT2D eigenvalue weighted by Gasteiger charge is 2.53. The molecule has 3 saturated heterocycles. The predicted octanol–water partition coefficient (Wildman–Crippen LogP) is 1.79. The molecule has 0 bridgehead atoms. The van der Waals surface area contributed by atoms with Gasteiger partial charge in [-0.2, -0.15) is 0 Å². The van der Waals surface area contributed by atoms with Crippen LogP contribution in [0.25, 0.3) is 0 Å². The summed E-state index contributed by atoms with van der Waals surface area (Å²) in [5.74, 6) is -4.98. The van der Waals surface area contributed by atoms with Crippen molar-refractivity contribution in [3.8, 4) is 0 Å². The lowest BCUT2D eigenvalue weighted by Crippen LogP contribution is -2.61. The number of hydrogen-bond donors (Lipinski definition) is 5. The average Bonchev–Trinajstić information content (AvgIpc) is 3.05. The van der Waals surface area contributed by atoms with Crippen molar-refractivity contribution in [1.29, 1.82) is 0 Å². The van der Waals surface area contributed by atoms with Gasteiger partial charge in [-0.25, -0.2) is 0 Å². The summed E-state index contributed by atoms with van der Waals surface area (Å²) in [6.45, 7) is 16.3. The van der Waals surface area contributed by atoms with Crippen LogP contribution >= 0.6 is 0 Å². The summed E-state index contributed by atoms with van der Waals surface area (Å²) < 4.78 is 37.1. The number of likely N-dealkylation sites (N-methyl/N-ethyl adjacent to an activating group) is 1. The van der Waals surface area contributed by atoms with Gasteiger partial charge in [0.2, 0.25) is 0 Å². The Kier molecular flexibility index (Phi) is 14.7. The fourth-order valence-electron chi connectivity index (χ4n) is 8.41. The molecule has 298 valence electrons. The zero-order valence-electron chi connectivity index (χ0n) is 32.9. The second-order valence-corrected chi connectivity index (χ2v) is 16.5. The largest absolute Gasteiger partial charge is 0.459 e. The third-order valence-corrected chi connectivity index (χ3v) is 11.8. The first-order valence-electron chi connectivity index (χ1n) is 18.5. The molecule has 0 saturated carbocycles. The third-order valence-electron chi connectivity index (χ3n) is 11.8. The lowest BCUT2D eigenvalue weighted by molar-refractivity contribution is -0.318. The maximum atomic E-state index is 14.1. The standard InChI is InChI=1S/C37H67NO13/c1-14-25-37(10,45)30(41)20(4)27(39)18(2)16-35(8,44)32(51-34-28(40)24(38(11)12)15-19(3)47-34)21(5)29(22(6)33(43)49-25)50-26-17-36(9,46-13)31(42)23(7)48-26/h18-26,28-32,34,40-42,44-45H,14-17H2,1-13H3/t18-,19-,20+,21+,22-,23+,24?,25-,26?,28?,29?,30?,31?,32?,34?,35+,36-,37-/m1/s1. The Morgan fingerprint density at radius 3 is 2.04 bits per heavy atom. The van der Waals surface area contributed by atoms with Crippen molar-refractivity contribution >= 4 is 11.8 Å². The van der Waals surface area contributed by atoms with E-state index in [2.05, 4.69) is 0 Å². The van der Waals surface area contributed by atoms with Crippen LogP contribution in [0.15, 0.2) is 0 Å². The van der Waals surface area contributed by atoms with Gasteiger partial charge in [0.25, 0.3) is 0 Å². The van der Waals surface area contributed by atoms with Crippen LogP contribution in [-0.4, -0.2) is 148 Å². The van der Waals surface area contributed by atoms with Crippen molar-refractivity contribution in [1.82, 2.24) is 4.90 Å². The van der Waals surface area contributed by atoms with E-state index in [1.807, 2.05) is 25.9 Å². The van der Waals surface area contributed by atoms with E-state index in [0.717, 1.165) is 0 Å². The van der Waals surface area contributed by atoms with Gasteiger partial charge in [0, 0.05) is 37.3 Å². The number of methoxy groups -OCH3 is 1. The molecule has 3 aliphatic heterocycles. The summed E-state index contributed by atoms with van der Waals surface area (Å²) in [6.07, 6.45) is -9.71. The van der Waals surface area contributed by atoms with E-state index < -0.39 is 108 Å². The molecule has 5 N–H and O–H groups in total. The first kappa shape index (κ1) is 44.1. The molecule has 3 heterocycles. The van der Waals surface area contributed by atoms with E-state index in [0.29, 0.717) is 6.42 Å². The van der Waals surface area contributed by atoms with Crippen molar-refractivity contribution < 1.29 is 63.5 Å². The smallest absolute Gasteiger partial charge is 0.311 e. The molecule has 0 amide bonds. The Morgan fingerprint density at radius 2 is 1.49 bits per heavy atom. The molecule has 14 heteroatoms. The zero-order chi connectivity index (χ0) is 39.0. The molecule has 0 spiro atoms. The number of aliphatic hydroxyl groups excluding tert-OH is 3. The van der Waals surface area contributed by atoms with Gasteiger partial charge in [0.05, 0.1) is 47.6 Å². The summed E-state index contributed by atoms with van der Waals surface area (Å²) in [4.78, 5) is 29.8. The van der Waals surface area contributed by atoms with Gasteiger partial charge >= 0.3 is 5.97 Å². The molecule has 18 atom stereocenters. The van der Waals surface area contributed by atoms with E-state index in [-0.39, 0.29) is 31.4 Å². The van der Waals surface area contributed by atoms with E-state index in [1.54, 1.807) is 41.5 Å². The van der Waals surface area contributed by atoms with Crippen LogP contribution in [-0.2, 0) is 38.0 Å². The average molecular weight is 734 g/mol. The maximum absolute atomic E-state index is 14.1. The highest BCUT2D eigenvalue weighted by Crippen LogP contribution is 2.40. The molecule has 3 fully saturated rings. The number of ketones is 1. The molecule has 8 unspecified atom stereocenters. The number of carbonyl (C=O) groups excluding carboxylic acids is 2. The number of aliphatic hydroxyl groups is 5. The minimum atomic E-state index is -1.99. The minimum Gasteiger partial charge on any atom is -0.459 e. The number of cyclic esters (lactones) is 1. The van der Waals surface area contributed by atoms with Gasteiger partial charge in [-0.3, -0.25) is 9.59 Å². The van der Waals surface area contributed by atoms with Crippen LogP contribution in [0.2, 0.25) is 0 Å². The summed E-state index contributed by atoms with van der Waals surface area (Å²) in [5.41, 5.74) is -4.84. The number of nitrogens with zero attached hydrogens (tertiary/aromatic N) is 1. The fraction of sp³-hybridized carbons (Fsp3) is 0.946. The molecule has 3 rings (SSSR count). The second-order valence-electron chi connectivity index (χ2n) is 16.5. The Labute approximate surface area is 304 Å². The van der Waals surface area contributed by atoms with Crippen LogP contribution < -0.4 is 0 Å². The van der Waals surface area contributed by atoms with Crippen molar-refractivity contribution in [3.63, 3.8) is 0 Å². The number of Topliss-reactive ketones (excluding diaryl/α,β-unsaturated/α-hetero) is 1. The van der Waals surface area contributed by atoms with Gasteiger partial charge in [0.15, 0.2) is 12.6 Å². The second kappa shape index (κ2) is 17.0. The van der Waals surface area contributed by atoms with Gasteiger partial charge < -0.3 is 58.9 Å². The molecule has 0 aromatic heterocycles. The summed E-state index contributed by atoms with van der Waals surface area (Å²) in [5, 5.41) is 57.6. The highest BCUT2D eigenvalue weighted by molar-refractivity contribution is 5.83. The zero-order valence-corrected chi connectivity index (χ0v) is 32.9. The third kappa shape index (κ3) is 9.51. The number of esters is 1. The van der Waals surface area contributed by atoms with Crippen molar-refractivity contribution in [3.05, 3.63) is 0 Å².